The summed E-state index contributed by atoms with van der Waals surface area (Å²) in [4.78, 5) is 28.3. The van der Waals surface area contributed by atoms with Crippen molar-refractivity contribution < 1.29 is 14.3 Å². The molecule has 0 unspecified atom stereocenters. The molecule has 0 rings (SSSR count). The first-order chi connectivity index (χ1) is 11.7. The summed E-state index contributed by atoms with van der Waals surface area (Å²) in [6.45, 7) is 16.4. The molecule has 2 amide bonds. The molecule has 0 saturated carbocycles. The minimum absolute atomic E-state index is 0.0657. The van der Waals surface area contributed by atoms with Gasteiger partial charge in [0.2, 0.25) is 5.91 Å². The van der Waals surface area contributed by atoms with E-state index in [9.17, 15) is 9.59 Å². The number of nitrogens with one attached hydrogen (secondary N) is 4. The van der Waals surface area contributed by atoms with E-state index in [2.05, 4.69) is 26.3 Å². The van der Waals surface area contributed by atoms with Gasteiger partial charge in [-0.2, -0.15) is 0 Å². The molecule has 0 atom stereocenters. The SMILES string of the molecule is CCNC(=NCC(C)(C)C(=O)NC)NCC(C)(C)NC(=O)OC(C)(C)C. The summed E-state index contributed by atoms with van der Waals surface area (Å²) in [7, 11) is 1.61. The Morgan fingerprint density at radius 2 is 1.58 bits per heavy atom. The van der Waals surface area contributed by atoms with E-state index in [1.807, 2.05) is 55.4 Å². The van der Waals surface area contributed by atoms with Gasteiger partial charge >= 0.3 is 6.09 Å². The van der Waals surface area contributed by atoms with Gasteiger partial charge in [0.25, 0.3) is 0 Å². The van der Waals surface area contributed by atoms with Crippen LogP contribution in [-0.4, -0.2) is 55.8 Å². The first kappa shape index (κ1) is 24.0. The van der Waals surface area contributed by atoms with Gasteiger partial charge in [-0.3, -0.25) is 9.79 Å². The van der Waals surface area contributed by atoms with Gasteiger partial charge in [0.15, 0.2) is 5.96 Å². The van der Waals surface area contributed by atoms with Crippen molar-refractivity contribution in [2.75, 3.05) is 26.7 Å². The highest BCUT2D eigenvalue weighted by Crippen LogP contribution is 2.15. The van der Waals surface area contributed by atoms with Crippen molar-refractivity contribution >= 4 is 18.0 Å². The molecule has 8 nitrogen and oxygen atoms in total. The molecule has 0 bridgehead atoms. The average Bonchev–Trinajstić information content (AvgIpc) is 2.46. The number of aliphatic imine (C=N–C) groups is 1. The molecule has 0 aromatic rings. The number of ether oxygens (including phenoxy) is 1. The number of amides is 2. The number of carbonyl (C=O) groups is 2. The number of nitrogens with zero attached hydrogens (tertiary/aromatic N) is 1. The fourth-order valence-corrected chi connectivity index (χ4v) is 1.96. The molecule has 152 valence electrons. The standard InChI is InChI=1S/C18H37N5O3/c1-10-20-14(21-11-17(5,6)13(24)19-9)22-12-18(7,8)23-15(25)26-16(2,3)4/h10-12H2,1-9H3,(H,19,24)(H,23,25)(H2,20,21,22). The van der Waals surface area contributed by atoms with Crippen molar-refractivity contribution in [1.82, 2.24) is 21.3 Å². The Morgan fingerprint density at radius 1 is 1.00 bits per heavy atom. The lowest BCUT2D eigenvalue weighted by Crippen LogP contribution is -2.54. The summed E-state index contributed by atoms with van der Waals surface area (Å²) < 4.78 is 5.29. The van der Waals surface area contributed by atoms with Crippen LogP contribution >= 0.6 is 0 Å². The highest BCUT2D eigenvalue weighted by Gasteiger charge is 2.27. The first-order valence-electron chi connectivity index (χ1n) is 8.98. The van der Waals surface area contributed by atoms with E-state index < -0.39 is 22.6 Å². The van der Waals surface area contributed by atoms with Crippen LogP contribution in [0.1, 0.15) is 55.4 Å². The summed E-state index contributed by atoms with van der Waals surface area (Å²) in [6, 6.07) is 0. The Labute approximate surface area is 157 Å². The fourth-order valence-electron chi connectivity index (χ4n) is 1.96. The predicted octanol–water partition coefficient (Wildman–Crippen LogP) is 1.62. The van der Waals surface area contributed by atoms with Gasteiger partial charge in [0.1, 0.15) is 5.60 Å². The Hall–Kier alpha value is -1.99. The molecule has 0 aliphatic heterocycles. The molecule has 0 aliphatic rings. The summed E-state index contributed by atoms with van der Waals surface area (Å²) in [6.07, 6.45) is -0.466. The van der Waals surface area contributed by atoms with Gasteiger partial charge in [-0.05, 0) is 55.4 Å². The maximum absolute atomic E-state index is 12.0. The second kappa shape index (κ2) is 9.64. The largest absolute Gasteiger partial charge is 0.444 e. The molecule has 4 N–H and O–H groups in total. The summed E-state index contributed by atoms with van der Waals surface area (Å²) in [5.41, 5.74) is -1.70. The summed E-state index contributed by atoms with van der Waals surface area (Å²) in [5, 5.41) is 11.8. The Bertz CT molecular complexity index is 507. The number of rotatable bonds is 7. The van der Waals surface area contributed by atoms with E-state index in [1.54, 1.807) is 7.05 Å². The third kappa shape index (κ3) is 10.1. The van der Waals surface area contributed by atoms with Crippen molar-refractivity contribution in [1.29, 1.82) is 0 Å². The minimum Gasteiger partial charge on any atom is -0.444 e. The van der Waals surface area contributed by atoms with Crippen LogP contribution in [0.5, 0.6) is 0 Å². The van der Waals surface area contributed by atoms with Crippen molar-refractivity contribution in [2.24, 2.45) is 10.4 Å². The Balaban J connectivity index is 4.83. The molecule has 0 heterocycles. The maximum Gasteiger partial charge on any atom is 0.408 e. The van der Waals surface area contributed by atoms with Crippen LogP contribution in [0.2, 0.25) is 0 Å². The van der Waals surface area contributed by atoms with E-state index >= 15 is 0 Å². The van der Waals surface area contributed by atoms with Gasteiger partial charge in [-0.25, -0.2) is 4.79 Å². The molecule has 0 aromatic heterocycles. The lowest BCUT2D eigenvalue weighted by atomic mass is 9.93. The van der Waals surface area contributed by atoms with Crippen LogP contribution < -0.4 is 21.3 Å². The first-order valence-corrected chi connectivity index (χ1v) is 8.98. The molecule has 0 saturated heterocycles. The minimum atomic E-state index is -0.610. The third-order valence-electron chi connectivity index (χ3n) is 3.36. The van der Waals surface area contributed by atoms with Crippen molar-refractivity contribution in [3.8, 4) is 0 Å². The summed E-state index contributed by atoms with van der Waals surface area (Å²) >= 11 is 0. The zero-order valence-corrected chi connectivity index (χ0v) is 17.8. The second-order valence-corrected chi connectivity index (χ2v) is 8.52. The quantitative estimate of drug-likeness (QED) is 0.402. The second-order valence-electron chi connectivity index (χ2n) is 8.52. The van der Waals surface area contributed by atoms with Crippen LogP contribution in [0.3, 0.4) is 0 Å². The normalized spacial score (nSPS) is 13.0. The zero-order valence-electron chi connectivity index (χ0n) is 17.8. The molecule has 0 aromatic carbocycles. The molecule has 8 heteroatoms. The van der Waals surface area contributed by atoms with Gasteiger partial charge in [-0.1, -0.05) is 0 Å². The smallest absolute Gasteiger partial charge is 0.408 e. The van der Waals surface area contributed by atoms with Crippen molar-refractivity contribution in [3.63, 3.8) is 0 Å². The zero-order chi connectivity index (χ0) is 20.6. The number of hydrogen-bond donors (Lipinski definition) is 4. The van der Waals surface area contributed by atoms with Crippen LogP contribution in [0.25, 0.3) is 0 Å². The van der Waals surface area contributed by atoms with Gasteiger partial charge in [0.05, 0.1) is 17.5 Å². The molecule has 0 radical (unpaired) electrons. The maximum atomic E-state index is 12.0. The number of carbonyl (C=O) groups excluding carboxylic acids is 2. The van der Waals surface area contributed by atoms with Crippen molar-refractivity contribution in [2.45, 2.75) is 66.5 Å². The molecular weight excluding hydrogens is 334 g/mol. The van der Waals surface area contributed by atoms with E-state index in [4.69, 9.17) is 4.74 Å². The van der Waals surface area contributed by atoms with Crippen LogP contribution in [0, 0.1) is 5.41 Å². The average molecular weight is 372 g/mol. The van der Waals surface area contributed by atoms with Gasteiger partial charge in [-0.15, -0.1) is 0 Å². The fraction of sp³-hybridized carbons (Fsp3) is 0.833. The monoisotopic (exact) mass is 371 g/mol. The highest BCUT2D eigenvalue weighted by molar-refractivity contribution is 5.83. The Kier molecular flexibility index (Phi) is 8.90. The molecule has 0 spiro atoms. The van der Waals surface area contributed by atoms with Gasteiger partial charge in [0, 0.05) is 20.1 Å². The van der Waals surface area contributed by atoms with Crippen LogP contribution in [0.4, 0.5) is 4.79 Å². The van der Waals surface area contributed by atoms with Crippen LogP contribution in [0.15, 0.2) is 4.99 Å². The molecule has 0 aliphatic carbocycles. The van der Waals surface area contributed by atoms with Crippen molar-refractivity contribution in [3.05, 3.63) is 0 Å². The highest BCUT2D eigenvalue weighted by atomic mass is 16.6. The third-order valence-corrected chi connectivity index (χ3v) is 3.36. The Morgan fingerprint density at radius 3 is 2.04 bits per heavy atom. The van der Waals surface area contributed by atoms with Gasteiger partial charge < -0.3 is 26.0 Å². The van der Waals surface area contributed by atoms with E-state index in [-0.39, 0.29) is 5.91 Å². The van der Waals surface area contributed by atoms with E-state index in [1.165, 1.54) is 0 Å². The number of guanidine groups is 1. The molecular formula is C18H37N5O3. The predicted molar refractivity (Wildman–Crippen MR) is 105 cm³/mol. The number of hydrogen-bond acceptors (Lipinski definition) is 4. The molecule has 0 fully saturated rings. The topological polar surface area (TPSA) is 104 Å². The molecule has 26 heavy (non-hydrogen) atoms. The van der Waals surface area contributed by atoms with Crippen LogP contribution in [-0.2, 0) is 9.53 Å². The lowest BCUT2D eigenvalue weighted by molar-refractivity contribution is -0.128. The number of alkyl carbamates (subject to hydrolysis) is 1. The summed E-state index contributed by atoms with van der Waals surface area (Å²) in [5.74, 6) is 0.521. The van der Waals surface area contributed by atoms with E-state index in [0.29, 0.717) is 25.6 Å². The lowest BCUT2D eigenvalue weighted by Gasteiger charge is -2.29. The van der Waals surface area contributed by atoms with E-state index in [0.717, 1.165) is 0 Å².